The summed E-state index contributed by atoms with van der Waals surface area (Å²) in [6, 6.07) is 6.23. The molecule has 0 bridgehead atoms. The molecule has 0 unspecified atom stereocenters. The minimum Gasteiger partial charge on any atom is -0.398 e. The van der Waals surface area contributed by atoms with Gasteiger partial charge in [-0.1, -0.05) is 12.1 Å². The van der Waals surface area contributed by atoms with Gasteiger partial charge in [0, 0.05) is 25.3 Å². The van der Waals surface area contributed by atoms with Crippen LogP contribution in [0.2, 0.25) is 0 Å². The summed E-state index contributed by atoms with van der Waals surface area (Å²) in [4.78, 5) is 2.42. The van der Waals surface area contributed by atoms with Crippen LogP contribution >= 0.6 is 0 Å². The molecule has 0 saturated carbocycles. The maximum absolute atomic E-state index is 6.04. The van der Waals surface area contributed by atoms with Gasteiger partial charge in [0.25, 0.3) is 0 Å². The highest BCUT2D eigenvalue weighted by Crippen LogP contribution is 2.24. The van der Waals surface area contributed by atoms with Crippen LogP contribution in [0.5, 0.6) is 0 Å². The molecule has 2 N–H and O–H groups in total. The molecule has 0 saturated heterocycles. The Kier molecular flexibility index (Phi) is 3.93. The standard InChI is InChI=1S/C15H24N2O/c1-15(2,3)18-10-9-17-8-7-12-5-4-6-14(16)13(12)11-17/h4-6H,7-11,16H2,1-3H3. The maximum atomic E-state index is 6.04. The van der Waals surface area contributed by atoms with Gasteiger partial charge in [0.2, 0.25) is 0 Å². The lowest BCUT2D eigenvalue weighted by molar-refractivity contribution is -0.0143. The monoisotopic (exact) mass is 248 g/mol. The Hall–Kier alpha value is -1.06. The first-order chi connectivity index (χ1) is 8.46. The molecule has 1 heterocycles. The number of hydrogen-bond acceptors (Lipinski definition) is 3. The summed E-state index contributed by atoms with van der Waals surface area (Å²) in [7, 11) is 0. The van der Waals surface area contributed by atoms with Crippen LogP contribution in [0.1, 0.15) is 31.9 Å². The van der Waals surface area contributed by atoms with E-state index in [0.717, 1.165) is 38.3 Å². The summed E-state index contributed by atoms with van der Waals surface area (Å²) in [6.07, 6.45) is 1.09. The summed E-state index contributed by atoms with van der Waals surface area (Å²) in [5, 5.41) is 0. The molecule has 18 heavy (non-hydrogen) atoms. The molecule has 1 aliphatic rings. The van der Waals surface area contributed by atoms with E-state index in [2.05, 4.69) is 31.7 Å². The van der Waals surface area contributed by atoms with E-state index in [9.17, 15) is 0 Å². The van der Waals surface area contributed by atoms with Crippen molar-refractivity contribution in [2.45, 2.75) is 39.3 Å². The molecule has 0 atom stereocenters. The van der Waals surface area contributed by atoms with Gasteiger partial charge in [0.15, 0.2) is 0 Å². The van der Waals surface area contributed by atoms with Crippen molar-refractivity contribution in [2.24, 2.45) is 0 Å². The zero-order valence-electron chi connectivity index (χ0n) is 11.7. The Morgan fingerprint density at radius 2 is 2.11 bits per heavy atom. The van der Waals surface area contributed by atoms with Crippen molar-refractivity contribution in [1.29, 1.82) is 0 Å². The maximum Gasteiger partial charge on any atom is 0.0600 e. The van der Waals surface area contributed by atoms with Crippen molar-refractivity contribution in [3.8, 4) is 0 Å². The molecule has 0 spiro atoms. The van der Waals surface area contributed by atoms with Gasteiger partial charge in [-0.15, -0.1) is 0 Å². The second-order valence-corrected chi connectivity index (χ2v) is 5.97. The van der Waals surface area contributed by atoms with Gasteiger partial charge >= 0.3 is 0 Å². The number of hydrogen-bond donors (Lipinski definition) is 1. The van der Waals surface area contributed by atoms with Crippen LogP contribution in [0, 0.1) is 0 Å². The van der Waals surface area contributed by atoms with E-state index in [0.29, 0.717) is 0 Å². The first kappa shape index (κ1) is 13.4. The number of anilines is 1. The number of fused-ring (bicyclic) bond motifs is 1. The average Bonchev–Trinajstić information content (AvgIpc) is 2.28. The van der Waals surface area contributed by atoms with Gasteiger partial charge in [0.05, 0.1) is 12.2 Å². The van der Waals surface area contributed by atoms with E-state index < -0.39 is 0 Å². The molecular formula is C15H24N2O. The van der Waals surface area contributed by atoms with Gasteiger partial charge in [-0.05, 0) is 44.4 Å². The number of benzene rings is 1. The topological polar surface area (TPSA) is 38.5 Å². The molecule has 0 fully saturated rings. The Morgan fingerprint density at radius 3 is 2.83 bits per heavy atom. The largest absolute Gasteiger partial charge is 0.398 e. The van der Waals surface area contributed by atoms with Crippen LogP contribution in [-0.2, 0) is 17.7 Å². The molecule has 1 aromatic rings. The SMILES string of the molecule is CC(C)(C)OCCN1CCc2cccc(N)c2C1. The van der Waals surface area contributed by atoms with Crippen LogP contribution in [0.15, 0.2) is 18.2 Å². The van der Waals surface area contributed by atoms with Crippen molar-refractivity contribution < 1.29 is 4.74 Å². The lowest BCUT2D eigenvalue weighted by Gasteiger charge is -2.30. The number of ether oxygens (including phenoxy) is 1. The Balaban J connectivity index is 1.90. The first-order valence-corrected chi connectivity index (χ1v) is 6.68. The smallest absolute Gasteiger partial charge is 0.0600 e. The normalized spacial score (nSPS) is 16.6. The highest BCUT2D eigenvalue weighted by Gasteiger charge is 2.18. The van der Waals surface area contributed by atoms with Crippen LogP contribution in [0.25, 0.3) is 0 Å². The molecule has 0 amide bonds. The minimum absolute atomic E-state index is 0.0489. The molecule has 100 valence electrons. The first-order valence-electron chi connectivity index (χ1n) is 6.68. The van der Waals surface area contributed by atoms with Crippen LogP contribution in [0.4, 0.5) is 5.69 Å². The summed E-state index contributed by atoms with van der Waals surface area (Å²) < 4.78 is 5.78. The quantitative estimate of drug-likeness (QED) is 0.835. The number of nitrogens with two attached hydrogens (primary N) is 1. The fourth-order valence-electron chi connectivity index (χ4n) is 2.33. The average molecular weight is 248 g/mol. The molecule has 1 aliphatic heterocycles. The van der Waals surface area contributed by atoms with Crippen molar-refractivity contribution in [2.75, 3.05) is 25.4 Å². The molecule has 0 aliphatic carbocycles. The van der Waals surface area contributed by atoms with Crippen LogP contribution in [-0.4, -0.2) is 30.2 Å². The molecule has 3 nitrogen and oxygen atoms in total. The number of nitrogen functional groups attached to an aromatic ring is 1. The van der Waals surface area contributed by atoms with Gasteiger partial charge in [0.1, 0.15) is 0 Å². The van der Waals surface area contributed by atoms with Crippen LogP contribution in [0.3, 0.4) is 0 Å². The van der Waals surface area contributed by atoms with E-state index >= 15 is 0 Å². The lowest BCUT2D eigenvalue weighted by Crippen LogP contribution is -2.35. The second-order valence-electron chi connectivity index (χ2n) is 5.97. The molecule has 3 heteroatoms. The zero-order valence-corrected chi connectivity index (χ0v) is 11.7. The third-order valence-electron chi connectivity index (χ3n) is 3.33. The van der Waals surface area contributed by atoms with Crippen molar-refractivity contribution in [3.05, 3.63) is 29.3 Å². The highest BCUT2D eigenvalue weighted by atomic mass is 16.5. The summed E-state index contributed by atoms with van der Waals surface area (Å²) in [5.74, 6) is 0. The van der Waals surface area contributed by atoms with E-state index in [-0.39, 0.29) is 5.60 Å². The molecule has 0 radical (unpaired) electrons. The Labute approximate surface area is 110 Å². The minimum atomic E-state index is -0.0489. The highest BCUT2D eigenvalue weighted by molar-refractivity contribution is 5.51. The molecule has 1 aromatic carbocycles. The number of nitrogens with zero attached hydrogens (tertiary/aromatic N) is 1. The van der Waals surface area contributed by atoms with E-state index in [1.807, 2.05) is 12.1 Å². The Bertz CT molecular complexity index is 409. The van der Waals surface area contributed by atoms with Gasteiger partial charge in [-0.3, -0.25) is 4.90 Å². The van der Waals surface area contributed by atoms with Crippen molar-refractivity contribution >= 4 is 5.69 Å². The van der Waals surface area contributed by atoms with Crippen molar-refractivity contribution in [3.63, 3.8) is 0 Å². The summed E-state index contributed by atoms with van der Waals surface area (Å²) in [6.45, 7) is 10.1. The molecule has 2 rings (SSSR count). The molecule has 0 aromatic heterocycles. The predicted octanol–water partition coefficient (Wildman–Crippen LogP) is 2.44. The van der Waals surface area contributed by atoms with E-state index in [1.54, 1.807) is 0 Å². The fraction of sp³-hybridized carbons (Fsp3) is 0.600. The predicted molar refractivity (Wildman–Crippen MR) is 75.5 cm³/mol. The number of rotatable bonds is 3. The fourth-order valence-corrected chi connectivity index (χ4v) is 2.33. The van der Waals surface area contributed by atoms with E-state index in [4.69, 9.17) is 10.5 Å². The second kappa shape index (κ2) is 5.29. The van der Waals surface area contributed by atoms with Gasteiger partial charge in [-0.25, -0.2) is 0 Å². The van der Waals surface area contributed by atoms with Crippen LogP contribution < -0.4 is 5.73 Å². The third kappa shape index (κ3) is 3.47. The van der Waals surface area contributed by atoms with E-state index in [1.165, 1.54) is 11.1 Å². The summed E-state index contributed by atoms with van der Waals surface area (Å²) in [5.41, 5.74) is 9.63. The van der Waals surface area contributed by atoms with Gasteiger partial charge < -0.3 is 10.5 Å². The molecular weight excluding hydrogens is 224 g/mol. The zero-order chi connectivity index (χ0) is 13.2. The Morgan fingerprint density at radius 1 is 1.33 bits per heavy atom. The van der Waals surface area contributed by atoms with Gasteiger partial charge in [-0.2, -0.15) is 0 Å². The third-order valence-corrected chi connectivity index (χ3v) is 3.33. The van der Waals surface area contributed by atoms with Crippen molar-refractivity contribution in [1.82, 2.24) is 4.90 Å². The summed E-state index contributed by atoms with van der Waals surface area (Å²) >= 11 is 0. The lowest BCUT2D eigenvalue weighted by atomic mass is 9.98.